The Morgan fingerprint density at radius 2 is 1.89 bits per heavy atom. The van der Waals surface area contributed by atoms with E-state index in [0.717, 1.165) is 24.0 Å². The maximum Gasteiger partial charge on any atom is 0.335 e. The molecule has 4 aliphatic heterocycles. The second-order valence-electron chi connectivity index (χ2n) is 15.9. The Balaban J connectivity index is 1.22. The number of nitrogens with two attached hydrogens (primary N) is 1. The van der Waals surface area contributed by atoms with E-state index in [1.54, 1.807) is 0 Å². The zero-order valence-corrected chi connectivity index (χ0v) is 36.3. The lowest BCUT2D eigenvalue weighted by molar-refractivity contribution is -0.340. The van der Waals surface area contributed by atoms with E-state index in [9.17, 15) is 39.9 Å². The number of rotatable bonds is 12. The van der Waals surface area contributed by atoms with Gasteiger partial charge in [0.15, 0.2) is 23.6 Å². The summed E-state index contributed by atoms with van der Waals surface area (Å²) in [6, 6.07) is 18.1. The van der Waals surface area contributed by atoms with Crippen LogP contribution in [0.15, 0.2) is 89.4 Å². The van der Waals surface area contributed by atoms with Gasteiger partial charge in [-0.15, -0.1) is 0 Å². The van der Waals surface area contributed by atoms with Crippen molar-refractivity contribution in [3.63, 3.8) is 0 Å². The summed E-state index contributed by atoms with van der Waals surface area (Å²) in [7, 11) is 2.74. The lowest BCUT2D eigenvalue weighted by atomic mass is 9.73. The van der Waals surface area contributed by atoms with Gasteiger partial charge < -0.3 is 55.5 Å². The quantitative estimate of drug-likeness (QED) is 0.0956. The summed E-state index contributed by atoms with van der Waals surface area (Å²) >= 11 is 0. The Morgan fingerprint density at radius 1 is 1.11 bits per heavy atom. The number of nitrogens with zero attached hydrogens (tertiary/aromatic N) is 1. The molecule has 0 saturated carbocycles. The smallest absolute Gasteiger partial charge is 0.335 e. The van der Waals surface area contributed by atoms with Crippen molar-refractivity contribution < 1.29 is 58.9 Å². The Morgan fingerprint density at radius 3 is 2.59 bits per heavy atom. The molecule has 9 unspecified atom stereocenters. The molecule has 1 amide bonds. The number of allylic oxidation sites excluding steroid dienone is 2. The minimum absolute atomic E-state index is 0.0221. The van der Waals surface area contributed by atoms with Crippen LogP contribution in [0.1, 0.15) is 42.5 Å². The third-order valence-corrected chi connectivity index (χ3v) is 14.2. The van der Waals surface area contributed by atoms with E-state index >= 15 is 0 Å². The van der Waals surface area contributed by atoms with Crippen molar-refractivity contribution in [2.75, 3.05) is 31.3 Å². The van der Waals surface area contributed by atoms with Crippen molar-refractivity contribution in [2.24, 2.45) is 28.5 Å². The fraction of sp³-hybridized carbons (Fsp3) is 0.391. The normalized spacial score (nSPS) is 29.3. The van der Waals surface area contributed by atoms with Crippen molar-refractivity contribution >= 4 is 63.4 Å². The third kappa shape index (κ3) is 9.27. The molecule has 3 aromatic rings. The number of amides is 1. The van der Waals surface area contributed by atoms with Crippen LogP contribution in [0.4, 0.5) is 0 Å². The van der Waals surface area contributed by atoms with Crippen LogP contribution < -0.4 is 20.5 Å². The molecule has 334 valence electrons. The summed E-state index contributed by atoms with van der Waals surface area (Å²) in [5, 5.41) is 59.3. The number of carbonyl (C=O) groups is 3. The van der Waals surface area contributed by atoms with E-state index in [-0.39, 0.29) is 64.1 Å². The molecule has 0 aliphatic carbocycles. The molecule has 15 nitrogen and oxygen atoms in total. The summed E-state index contributed by atoms with van der Waals surface area (Å²) in [5.74, 6) is -2.62. The predicted octanol–water partition coefficient (Wildman–Crippen LogP) is 4.79. The monoisotopic (exact) mass is 901 g/mol. The lowest BCUT2D eigenvalue weighted by Crippen LogP contribution is -2.80. The van der Waals surface area contributed by atoms with Gasteiger partial charge in [-0.05, 0) is 83.7 Å². The number of carboxylic acids is 1. The molecule has 8 N–H and O–H groups in total. The van der Waals surface area contributed by atoms with Crippen LogP contribution in [0.5, 0.6) is 17.2 Å². The van der Waals surface area contributed by atoms with Gasteiger partial charge in [0.05, 0.1) is 17.7 Å². The number of aliphatic carboxylic acids is 1. The van der Waals surface area contributed by atoms with Crippen molar-refractivity contribution in [1.82, 2.24) is 5.32 Å². The van der Waals surface area contributed by atoms with Gasteiger partial charge in [0.1, 0.15) is 35.1 Å². The zero-order chi connectivity index (χ0) is 44.9. The van der Waals surface area contributed by atoms with Crippen LogP contribution >= 0.6 is 21.6 Å². The number of phenolic OH excluding ortho intramolecular Hbond substituents is 1. The number of carboxylic acid groups (broad SMARTS) is 1. The number of nitrogens with one attached hydrogen (secondary N) is 1. The number of aliphatic imine (C=N–C) groups is 1. The molecule has 0 bridgehead atoms. The molecule has 9 atom stereocenters. The van der Waals surface area contributed by atoms with E-state index in [1.165, 1.54) is 69.6 Å². The van der Waals surface area contributed by atoms with Crippen LogP contribution in [0.3, 0.4) is 0 Å². The van der Waals surface area contributed by atoms with Gasteiger partial charge in [-0.2, -0.15) is 0 Å². The van der Waals surface area contributed by atoms with Gasteiger partial charge in [-0.1, -0.05) is 90.1 Å². The highest BCUT2D eigenvalue weighted by Gasteiger charge is 2.69. The van der Waals surface area contributed by atoms with Crippen molar-refractivity contribution in [3.8, 4) is 17.2 Å². The van der Waals surface area contributed by atoms with E-state index < -0.39 is 54.2 Å². The molecule has 2 saturated heterocycles. The molecular weight excluding hydrogens is 851 g/mol. The maximum absolute atomic E-state index is 13.4. The number of primary amides is 1. The summed E-state index contributed by atoms with van der Waals surface area (Å²) in [4.78, 5) is 43.1. The summed E-state index contributed by atoms with van der Waals surface area (Å²) in [5.41, 5.74) is 4.59. The van der Waals surface area contributed by atoms with Crippen LogP contribution in [-0.2, 0) is 30.3 Å². The van der Waals surface area contributed by atoms with Gasteiger partial charge in [-0.3, -0.25) is 14.6 Å². The number of aliphatic hydroxyl groups is 3. The molecule has 0 radical (unpaired) electrons. The fourth-order valence-corrected chi connectivity index (χ4v) is 10.7. The van der Waals surface area contributed by atoms with Gasteiger partial charge in [0.25, 0.3) is 5.91 Å². The summed E-state index contributed by atoms with van der Waals surface area (Å²) in [6.45, 7) is 4.70. The average molecular weight is 902 g/mol. The van der Waals surface area contributed by atoms with Crippen LogP contribution in [-0.4, -0.2) is 117 Å². The molecule has 0 aromatic heterocycles. The molecule has 17 heteroatoms. The number of carbonyl (C=O) groups excluding carboxylic acids is 2. The number of hydrogen-bond donors (Lipinski definition) is 7. The van der Waals surface area contributed by atoms with Gasteiger partial charge in [0.2, 0.25) is 12.4 Å². The van der Waals surface area contributed by atoms with Crippen LogP contribution in [0, 0.1) is 17.8 Å². The minimum atomic E-state index is -2.59. The number of fused-ring (bicyclic) bond motifs is 2. The SMILES string of the molecule is CCc1ccccc1C=CCC(C)C1CNCC2(O)C(Oc3ccc4c(c3)OC(C(N)=O)C(c3ccc(O)cc3)=C4O)OC(C(=O)O)C(O)C2(C=O)OCSSCC1C1=CCN=C1. The first-order chi connectivity index (χ1) is 30.3. The Bertz CT molecular complexity index is 2300. The Hall–Kier alpha value is -5.14. The number of β-amino-alcohol motifs (C(OH)–C–C–N with tert-alkyl or cyclic N) is 1. The highest BCUT2D eigenvalue weighted by atomic mass is 33.1. The number of phenols is 1. The molecule has 3 aromatic carbocycles. The Labute approximate surface area is 372 Å². The van der Waals surface area contributed by atoms with E-state index in [2.05, 4.69) is 54.5 Å². The number of aldehydes is 1. The topological polar surface area (TPSA) is 240 Å². The number of aryl methyl sites for hydroxylation is 1. The Kier molecular flexibility index (Phi) is 14.4. The average Bonchev–Trinajstić information content (AvgIpc) is 3.81. The van der Waals surface area contributed by atoms with Crippen LogP contribution in [0.2, 0.25) is 0 Å². The third-order valence-electron chi connectivity index (χ3n) is 12.2. The van der Waals surface area contributed by atoms with E-state index in [0.29, 0.717) is 24.4 Å². The maximum atomic E-state index is 13.4. The standard InChI is InChI=1S/C46H51N3O12S2/c1-3-27-8-4-5-9-28(27)10-6-7-26(2)34-21-49-23-45(57)44(61-40(43(55)56)41(53)46(45,24-50)58-25-63-62-22-35(34)30-17-18-48-20-30)59-32-15-16-33-36(19-32)60-39(42(47)54)37(38(33)52)29-11-13-31(51)14-12-29/h4-6,8-17,19-20,24,26,34-35,39-41,44,49,51-53,57H,3,7,18,21-23,25H2,1-2H3,(H2,47,54)(H,55,56). The van der Waals surface area contributed by atoms with Gasteiger partial charge >= 0.3 is 5.97 Å². The number of aromatic hydroxyl groups is 1. The first kappa shape index (κ1) is 45.9. The molecule has 4 heterocycles. The predicted molar refractivity (Wildman–Crippen MR) is 240 cm³/mol. The summed E-state index contributed by atoms with van der Waals surface area (Å²) in [6.07, 6.45) is 2.42. The second-order valence-corrected chi connectivity index (χ2v) is 18.4. The molecule has 63 heavy (non-hydrogen) atoms. The first-order valence-corrected chi connectivity index (χ1v) is 23.1. The lowest BCUT2D eigenvalue weighted by Gasteiger charge is -2.53. The molecule has 2 fully saturated rings. The molecule has 7 rings (SSSR count). The summed E-state index contributed by atoms with van der Waals surface area (Å²) < 4.78 is 24.2. The highest BCUT2D eigenvalue weighted by Crippen LogP contribution is 2.46. The van der Waals surface area contributed by atoms with E-state index in [4.69, 9.17) is 24.7 Å². The van der Waals surface area contributed by atoms with E-state index in [1.807, 2.05) is 18.3 Å². The fourth-order valence-electron chi connectivity index (χ4n) is 8.65. The number of ether oxygens (including phenoxy) is 4. The van der Waals surface area contributed by atoms with Crippen molar-refractivity contribution in [3.05, 3.63) is 107 Å². The molecule has 4 aliphatic rings. The van der Waals surface area contributed by atoms with Crippen molar-refractivity contribution in [1.29, 1.82) is 0 Å². The first-order valence-electron chi connectivity index (χ1n) is 20.6. The zero-order valence-electron chi connectivity index (χ0n) is 34.7. The number of aliphatic hydroxyl groups excluding tert-OH is 2. The highest BCUT2D eigenvalue weighted by molar-refractivity contribution is 8.76. The number of hydrogen-bond acceptors (Lipinski definition) is 15. The second kappa shape index (κ2) is 19.7. The molecular formula is C46H51N3O12S2. The van der Waals surface area contributed by atoms with Gasteiger partial charge in [-0.25, -0.2) is 4.79 Å². The molecule has 0 spiro atoms. The van der Waals surface area contributed by atoms with Crippen molar-refractivity contribution in [2.45, 2.75) is 62.5 Å². The minimum Gasteiger partial charge on any atom is -0.508 e. The van der Waals surface area contributed by atoms with Crippen LogP contribution in [0.25, 0.3) is 17.4 Å². The van der Waals surface area contributed by atoms with Gasteiger partial charge in [0, 0.05) is 24.6 Å². The number of benzene rings is 3. The largest absolute Gasteiger partial charge is 0.508 e.